The molecule has 2 aliphatic heterocycles. The number of amides is 2. The van der Waals surface area contributed by atoms with E-state index in [0.717, 1.165) is 45.4 Å². The summed E-state index contributed by atoms with van der Waals surface area (Å²) in [6, 6.07) is 0.0323. The smallest absolute Gasteiger partial charge is 0.317 e. The third kappa shape index (κ3) is 4.63. The Labute approximate surface area is 121 Å². The van der Waals surface area contributed by atoms with Crippen molar-refractivity contribution in [2.75, 3.05) is 26.2 Å². The lowest BCUT2D eigenvalue weighted by Gasteiger charge is -2.33. The summed E-state index contributed by atoms with van der Waals surface area (Å²) in [5, 5.41) is 12.5. The van der Waals surface area contributed by atoms with Crippen molar-refractivity contribution in [1.29, 1.82) is 0 Å². The van der Waals surface area contributed by atoms with Crippen LogP contribution in [-0.4, -0.2) is 54.5 Å². The first-order chi connectivity index (χ1) is 9.66. The van der Waals surface area contributed by atoms with Gasteiger partial charge in [-0.1, -0.05) is 0 Å². The van der Waals surface area contributed by atoms with E-state index in [9.17, 15) is 9.90 Å². The van der Waals surface area contributed by atoms with Crippen LogP contribution < -0.4 is 5.32 Å². The van der Waals surface area contributed by atoms with E-state index in [1.165, 1.54) is 12.8 Å². The monoisotopic (exact) mass is 284 g/mol. The van der Waals surface area contributed by atoms with Gasteiger partial charge in [-0.15, -0.1) is 0 Å². The van der Waals surface area contributed by atoms with Crippen LogP contribution in [0.25, 0.3) is 0 Å². The summed E-state index contributed by atoms with van der Waals surface area (Å²) in [7, 11) is 0. The summed E-state index contributed by atoms with van der Waals surface area (Å²) in [6.07, 6.45) is 6.31. The molecular formula is C15H28N2O3. The molecule has 0 radical (unpaired) electrons. The average molecular weight is 284 g/mol. The van der Waals surface area contributed by atoms with E-state index >= 15 is 0 Å². The first-order valence-corrected chi connectivity index (χ1v) is 7.99. The summed E-state index contributed by atoms with van der Waals surface area (Å²) < 4.78 is 5.65. The molecule has 2 heterocycles. The number of piperidine rings is 1. The minimum atomic E-state index is -0.260. The number of likely N-dealkylation sites (tertiary alicyclic amines) is 1. The number of hydrogen-bond acceptors (Lipinski definition) is 3. The number of nitrogens with zero attached hydrogens (tertiary/aromatic N) is 1. The molecule has 0 aromatic rings. The van der Waals surface area contributed by atoms with Gasteiger partial charge in [-0.05, 0) is 51.4 Å². The van der Waals surface area contributed by atoms with E-state index in [-0.39, 0.29) is 12.1 Å². The molecule has 2 N–H and O–H groups in total. The molecule has 2 fully saturated rings. The number of ether oxygens (including phenoxy) is 1. The first-order valence-electron chi connectivity index (χ1n) is 7.99. The number of urea groups is 1. The molecule has 2 atom stereocenters. The van der Waals surface area contributed by atoms with E-state index in [4.69, 9.17) is 4.74 Å². The number of aliphatic hydroxyl groups is 1. The van der Waals surface area contributed by atoms with Crippen molar-refractivity contribution < 1.29 is 14.6 Å². The number of hydrogen-bond donors (Lipinski definition) is 2. The van der Waals surface area contributed by atoms with Crippen LogP contribution in [0, 0.1) is 5.92 Å². The number of carbonyl (C=O) groups excluding carboxylic acids is 1. The highest BCUT2D eigenvalue weighted by molar-refractivity contribution is 5.74. The molecule has 0 aliphatic carbocycles. The lowest BCUT2D eigenvalue weighted by molar-refractivity contribution is 0.0117. The van der Waals surface area contributed by atoms with Gasteiger partial charge in [-0.2, -0.15) is 0 Å². The average Bonchev–Trinajstić information content (AvgIpc) is 2.48. The Hall–Kier alpha value is -0.810. The molecule has 2 amide bonds. The van der Waals surface area contributed by atoms with Crippen LogP contribution in [-0.2, 0) is 4.74 Å². The molecule has 5 nitrogen and oxygen atoms in total. The van der Waals surface area contributed by atoms with Gasteiger partial charge >= 0.3 is 6.03 Å². The lowest BCUT2D eigenvalue weighted by atomic mass is 9.92. The normalized spacial score (nSPS) is 26.3. The van der Waals surface area contributed by atoms with Gasteiger partial charge in [0.05, 0.1) is 12.2 Å². The third-order valence-electron chi connectivity index (χ3n) is 4.53. The highest BCUT2D eigenvalue weighted by atomic mass is 16.5. The SMILES string of the molecule is CC(O)C1CCN(C(=O)NCCC2CCCCO2)CC1. The summed E-state index contributed by atoms with van der Waals surface area (Å²) in [5.74, 6) is 0.342. The predicted molar refractivity (Wildman–Crippen MR) is 77.6 cm³/mol. The molecule has 5 heteroatoms. The molecule has 20 heavy (non-hydrogen) atoms. The number of rotatable bonds is 4. The van der Waals surface area contributed by atoms with Crippen LogP contribution in [0.15, 0.2) is 0 Å². The Kier molecular flexibility index (Phi) is 6.10. The minimum Gasteiger partial charge on any atom is -0.393 e. The summed E-state index contributed by atoms with van der Waals surface area (Å²) in [6.45, 7) is 4.90. The van der Waals surface area contributed by atoms with E-state index in [2.05, 4.69) is 5.32 Å². The van der Waals surface area contributed by atoms with Crippen LogP contribution in [0.1, 0.15) is 45.4 Å². The second-order valence-electron chi connectivity index (χ2n) is 6.07. The van der Waals surface area contributed by atoms with Gasteiger partial charge in [-0.25, -0.2) is 4.79 Å². The Balaban J connectivity index is 1.60. The molecule has 0 aromatic heterocycles. The molecule has 0 bridgehead atoms. The molecule has 116 valence electrons. The molecule has 2 rings (SSSR count). The van der Waals surface area contributed by atoms with Crippen molar-refractivity contribution in [3.8, 4) is 0 Å². The molecule has 2 unspecified atom stereocenters. The van der Waals surface area contributed by atoms with Gasteiger partial charge in [0.2, 0.25) is 0 Å². The van der Waals surface area contributed by atoms with Crippen molar-refractivity contribution >= 4 is 6.03 Å². The molecule has 2 aliphatic rings. The topological polar surface area (TPSA) is 61.8 Å². The molecule has 0 aromatic carbocycles. The van der Waals surface area contributed by atoms with Gasteiger partial charge in [0.15, 0.2) is 0 Å². The van der Waals surface area contributed by atoms with Crippen molar-refractivity contribution in [2.45, 2.75) is 57.7 Å². The van der Waals surface area contributed by atoms with Crippen LogP contribution in [0.4, 0.5) is 4.79 Å². The van der Waals surface area contributed by atoms with Crippen molar-refractivity contribution in [1.82, 2.24) is 10.2 Å². The van der Waals surface area contributed by atoms with Crippen molar-refractivity contribution in [3.05, 3.63) is 0 Å². The van der Waals surface area contributed by atoms with Gasteiger partial charge in [-0.3, -0.25) is 0 Å². The van der Waals surface area contributed by atoms with Crippen LogP contribution in [0.2, 0.25) is 0 Å². The van der Waals surface area contributed by atoms with E-state index in [1.54, 1.807) is 0 Å². The second kappa shape index (κ2) is 7.84. The Morgan fingerprint density at radius 2 is 2.10 bits per heavy atom. The Bertz CT molecular complexity index is 295. The zero-order valence-corrected chi connectivity index (χ0v) is 12.5. The van der Waals surface area contributed by atoms with Crippen LogP contribution in [0.3, 0.4) is 0 Å². The maximum Gasteiger partial charge on any atom is 0.317 e. The fraction of sp³-hybridized carbons (Fsp3) is 0.933. The minimum absolute atomic E-state index is 0.0323. The molecule has 2 saturated heterocycles. The van der Waals surface area contributed by atoms with Crippen molar-refractivity contribution in [3.63, 3.8) is 0 Å². The summed E-state index contributed by atoms with van der Waals surface area (Å²) in [4.78, 5) is 13.9. The standard InChI is InChI=1S/C15H28N2O3/c1-12(18)13-6-9-17(10-7-13)15(19)16-8-5-14-4-2-3-11-20-14/h12-14,18H,2-11H2,1H3,(H,16,19). The van der Waals surface area contributed by atoms with Crippen molar-refractivity contribution in [2.24, 2.45) is 5.92 Å². The molecule has 0 saturated carbocycles. The lowest BCUT2D eigenvalue weighted by Crippen LogP contribution is -2.46. The van der Waals surface area contributed by atoms with Gasteiger partial charge < -0.3 is 20.1 Å². The Morgan fingerprint density at radius 3 is 2.70 bits per heavy atom. The number of nitrogens with one attached hydrogen (secondary N) is 1. The zero-order chi connectivity index (χ0) is 14.4. The Morgan fingerprint density at radius 1 is 1.35 bits per heavy atom. The fourth-order valence-electron chi connectivity index (χ4n) is 3.07. The summed E-state index contributed by atoms with van der Waals surface area (Å²) in [5.41, 5.74) is 0. The third-order valence-corrected chi connectivity index (χ3v) is 4.53. The van der Waals surface area contributed by atoms with Gasteiger partial charge in [0.25, 0.3) is 0 Å². The summed E-state index contributed by atoms with van der Waals surface area (Å²) >= 11 is 0. The quantitative estimate of drug-likeness (QED) is 0.827. The fourth-order valence-corrected chi connectivity index (χ4v) is 3.07. The highest BCUT2D eigenvalue weighted by Crippen LogP contribution is 2.20. The molecule has 0 spiro atoms. The largest absolute Gasteiger partial charge is 0.393 e. The van der Waals surface area contributed by atoms with Crippen LogP contribution >= 0.6 is 0 Å². The van der Waals surface area contributed by atoms with Crippen LogP contribution in [0.5, 0.6) is 0 Å². The van der Waals surface area contributed by atoms with E-state index in [1.807, 2.05) is 11.8 Å². The second-order valence-corrected chi connectivity index (χ2v) is 6.07. The maximum absolute atomic E-state index is 12.0. The zero-order valence-electron chi connectivity index (χ0n) is 12.5. The first kappa shape index (κ1) is 15.6. The number of carbonyl (C=O) groups is 1. The van der Waals surface area contributed by atoms with Gasteiger partial charge in [0.1, 0.15) is 0 Å². The molecular weight excluding hydrogens is 256 g/mol. The van der Waals surface area contributed by atoms with Gasteiger partial charge in [0, 0.05) is 26.2 Å². The van der Waals surface area contributed by atoms with E-state index in [0.29, 0.717) is 18.6 Å². The highest BCUT2D eigenvalue weighted by Gasteiger charge is 2.25. The maximum atomic E-state index is 12.0. The number of aliphatic hydroxyl groups excluding tert-OH is 1. The van der Waals surface area contributed by atoms with E-state index < -0.39 is 0 Å². The predicted octanol–water partition coefficient (Wildman–Crippen LogP) is 1.75.